The average Bonchev–Trinajstić information content (AvgIpc) is 2.18. The lowest BCUT2D eigenvalue weighted by atomic mass is 10.0. The molecule has 0 amide bonds. The molecule has 0 aliphatic heterocycles. The molecule has 0 unspecified atom stereocenters. The lowest BCUT2D eigenvalue weighted by Crippen LogP contribution is -2.11. The second-order valence-electron chi connectivity index (χ2n) is 3.41. The molecule has 2 N–H and O–H groups in total. The van der Waals surface area contributed by atoms with Gasteiger partial charge in [-0.25, -0.2) is 4.39 Å². The molecule has 0 heterocycles. The van der Waals surface area contributed by atoms with E-state index in [9.17, 15) is 4.39 Å². The first-order valence-corrected chi connectivity index (χ1v) is 5.65. The van der Waals surface area contributed by atoms with Crippen LogP contribution in [0, 0.1) is 5.82 Å². The van der Waals surface area contributed by atoms with Gasteiger partial charge >= 0.3 is 0 Å². The van der Waals surface area contributed by atoms with Crippen LogP contribution in [-0.2, 0) is 0 Å². The molecule has 0 fully saturated rings. The van der Waals surface area contributed by atoms with Crippen LogP contribution in [0.25, 0.3) is 0 Å². The summed E-state index contributed by atoms with van der Waals surface area (Å²) in [5, 5.41) is 0. The highest BCUT2D eigenvalue weighted by molar-refractivity contribution is 9.10. The van der Waals surface area contributed by atoms with E-state index < -0.39 is 0 Å². The van der Waals surface area contributed by atoms with Crippen molar-refractivity contribution >= 4 is 28.3 Å². The fourth-order valence-corrected chi connectivity index (χ4v) is 1.76. The topological polar surface area (TPSA) is 26.0 Å². The van der Waals surface area contributed by atoms with Gasteiger partial charge in [0.2, 0.25) is 0 Å². The van der Waals surface area contributed by atoms with E-state index in [-0.39, 0.29) is 24.3 Å². The summed E-state index contributed by atoms with van der Waals surface area (Å²) in [6, 6.07) is 4.71. The van der Waals surface area contributed by atoms with Crippen LogP contribution in [0.2, 0.25) is 0 Å². The predicted octanol–water partition coefficient (Wildman–Crippen LogP) is 4.20. The van der Waals surface area contributed by atoms with Crippen LogP contribution < -0.4 is 5.73 Å². The van der Waals surface area contributed by atoms with Crippen molar-refractivity contribution < 1.29 is 4.39 Å². The highest BCUT2D eigenvalue weighted by atomic mass is 79.9. The Kier molecular flexibility index (Phi) is 7.14. The van der Waals surface area contributed by atoms with Crippen LogP contribution in [0.15, 0.2) is 22.7 Å². The van der Waals surface area contributed by atoms with Gasteiger partial charge in [-0.05, 0) is 24.6 Å². The van der Waals surface area contributed by atoms with Crippen LogP contribution in [0.4, 0.5) is 4.39 Å². The lowest BCUT2D eigenvalue weighted by Gasteiger charge is -2.12. The average molecular weight is 297 g/mol. The van der Waals surface area contributed by atoms with Crippen LogP contribution in [-0.4, -0.2) is 0 Å². The van der Waals surface area contributed by atoms with Gasteiger partial charge in [0.05, 0.1) is 0 Å². The summed E-state index contributed by atoms with van der Waals surface area (Å²) in [6.45, 7) is 2.10. The van der Waals surface area contributed by atoms with E-state index in [1.807, 2.05) is 0 Å². The monoisotopic (exact) mass is 295 g/mol. The predicted molar refractivity (Wildman–Crippen MR) is 67.8 cm³/mol. The molecule has 0 saturated carbocycles. The minimum absolute atomic E-state index is 0. The highest BCUT2D eigenvalue weighted by Crippen LogP contribution is 2.23. The summed E-state index contributed by atoms with van der Waals surface area (Å²) in [5.41, 5.74) is 6.49. The van der Waals surface area contributed by atoms with Gasteiger partial charge in [0.15, 0.2) is 0 Å². The van der Waals surface area contributed by atoms with E-state index >= 15 is 0 Å². The zero-order chi connectivity index (χ0) is 10.6. The molecule has 0 radical (unpaired) electrons. The van der Waals surface area contributed by atoms with Crippen molar-refractivity contribution in [1.29, 1.82) is 0 Å². The number of nitrogens with two attached hydrogens (primary N) is 1. The van der Waals surface area contributed by atoms with E-state index in [0.717, 1.165) is 23.7 Å². The molecule has 0 aliphatic carbocycles. The first kappa shape index (κ1) is 14.9. The minimum atomic E-state index is -0.211. The van der Waals surface area contributed by atoms with Gasteiger partial charge in [-0.1, -0.05) is 35.7 Å². The normalized spacial score (nSPS) is 12.0. The molecule has 1 nitrogen and oxygen atoms in total. The number of rotatable bonds is 4. The van der Waals surface area contributed by atoms with Crippen molar-refractivity contribution in [3.63, 3.8) is 0 Å². The van der Waals surface area contributed by atoms with E-state index in [0.29, 0.717) is 5.56 Å². The Morgan fingerprint density at radius 1 is 1.47 bits per heavy atom. The molecule has 4 heteroatoms. The van der Waals surface area contributed by atoms with E-state index in [1.165, 1.54) is 6.07 Å². The minimum Gasteiger partial charge on any atom is -0.324 e. The Balaban J connectivity index is 0.00000196. The molecule has 1 rings (SSSR count). The molecule has 0 aromatic heterocycles. The summed E-state index contributed by atoms with van der Waals surface area (Å²) < 4.78 is 14.2. The van der Waals surface area contributed by atoms with Crippen molar-refractivity contribution in [2.75, 3.05) is 0 Å². The fourth-order valence-electron chi connectivity index (χ4n) is 1.38. The van der Waals surface area contributed by atoms with Gasteiger partial charge < -0.3 is 5.73 Å². The number of benzene rings is 1. The van der Waals surface area contributed by atoms with Gasteiger partial charge in [-0.15, -0.1) is 12.4 Å². The number of halogens is 3. The molecule has 0 bridgehead atoms. The summed E-state index contributed by atoms with van der Waals surface area (Å²) in [4.78, 5) is 0. The molecule has 0 spiro atoms. The molecule has 1 atom stereocenters. The number of unbranched alkanes of at least 4 members (excludes halogenated alkanes) is 1. The van der Waals surface area contributed by atoms with Crippen molar-refractivity contribution in [1.82, 2.24) is 0 Å². The lowest BCUT2D eigenvalue weighted by molar-refractivity contribution is 0.547. The van der Waals surface area contributed by atoms with Crippen molar-refractivity contribution in [3.8, 4) is 0 Å². The Morgan fingerprint density at radius 2 is 2.13 bits per heavy atom. The van der Waals surface area contributed by atoms with Gasteiger partial charge in [0.25, 0.3) is 0 Å². The fraction of sp³-hybridized carbons (Fsp3) is 0.455. The Bertz CT molecular complexity index is 307. The Labute approximate surface area is 105 Å². The van der Waals surface area contributed by atoms with Crippen LogP contribution >= 0.6 is 28.3 Å². The van der Waals surface area contributed by atoms with Gasteiger partial charge in [-0.3, -0.25) is 0 Å². The van der Waals surface area contributed by atoms with Crippen molar-refractivity contribution in [2.24, 2.45) is 5.73 Å². The maximum Gasteiger partial charge on any atom is 0.128 e. The van der Waals surface area contributed by atoms with Crippen LogP contribution in [0.5, 0.6) is 0 Å². The number of hydrogen-bond donors (Lipinski definition) is 1. The van der Waals surface area contributed by atoms with Gasteiger partial charge in [-0.2, -0.15) is 0 Å². The van der Waals surface area contributed by atoms with E-state index in [1.54, 1.807) is 12.1 Å². The molecule has 0 aliphatic rings. The SMILES string of the molecule is CCCC[C@@H](N)c1cc(Br)ccc1F.Cl. The molecular formula is C11H16BrClFN. The Hall–Kier alpha value is -0.120. The standard InChI is InChI=1S/C11H15BrFN.ClH/c1-2-3-4-11(14)9-7-8(12)5-6-10(9)13;/h5-7,11H,2-4,14H2,1H3;1H/t11-;/m1./s1. The van der Waals surface area contributed by atoms with Gasteiger partial charge in [0, 0.05) is 16.1 Å². The third-order valence-corrected chi connectivity index (χ3v) is 2.72. The number of hydrogen-bond acceptors (Lipinski definition) is 1. The van der Waals surface area contributed by atoms with E-state index in [2.05, 4.69) is 22.9 Å². The summed E-state index contributed by atoms with van der Waals surface area (Å²) in [7, 11) is 0. The second-order valence-corrected chi connectivity index (χ2v) is 4.33. The maximum absolute atomic E-state index is 13.3. The molecule has 1 aromatic rings. The Morgan fingerprint density at radius 3 is 2.73 bits per heavy atom. The third kappa shape index (κ3) is 4.49. The first-order chi connectivity index (χ1) is 6.65. The molecule has 15 heavy (non-hydrogen) atoms. The van der Waals surface area contributed by atoms with Crippen LogP contribution in [0.3, 0.4) is 0 Å². The van der Waals surface area contributed by atoms with Crippen molar-refractivity contribution in [2.45, 2.75) is 32.2 Å². The molecule has 0 saturated heterocycles. The van der Waals surface area contributed by atoms with Crippen molar-refractivity contribution in [3.05, 3.63) is 34.1 Å². The summed E-state index contributed by atoms with van der Waals surface area (Å²) in [5.74, 6) is -0.211. The third-order valence-electron chi connectivity index (χ3n) is 2.23. The quantitative estimate of drug-likeness (QED) is 0.885. The molecular weight excluding hydrogens is 280 g/mol. The smallest absolute Gasteiger partial charge is 0.128 e. The molecule has 86 valence electrons. The van der Waals surface area contributed by atoms with Gasteiger partial charge in [0.1, 0.15) is 5.82 Å². The zero-order valence-corrected chi connectivity index (χ0v) is 11.1. The molecule has 1 aromatic carbocycles. The summed E-state index contributed by atoms with van der Waals surface area (Å²) >= 11 is 3.31. The first-order valence-electron chi connectivity index (χ1n) is 4.85. The largest absolute Gasteiger partial charge is 0.324 e. The maximum atomic E-state index is 13.3. The summed E-state index contributed by atoms with van der Waals surface area (Å²) in [6.07, 6.45) is 2.96. The zero-order valence-electron chi connectivity index (χ0n) is 8.67. The van der Waals surface area contributed by atoms with E-state index in [4.69, 9.17) is 5.73 Å². The highest BCUT2D eigenvalue weighted by Gasteiger charge is 2.10. The second kappa shape index (κ2) is 7.20. The van der Waals surface area contributed by atoms with Crippen LogP contribution in [0.1, 0.15) is 37.8 Å².